The normalized spacial score (nSPS) is 17.1. The fraction of sp³-hybridized carbons (Fsp3) is 0.455. The van der Waals surface area contributed by atoms with Crippen LogP contribution in [-0.2, 0) is 22.4 Å². The zero-order chi connectivity index (χ0) is 19.7. The summed E-state index contributed by atoms with van der Waals surface area (Å²) in [5.41, 5.74) is 5.19. The van der Waals surface area contributed by atoms with Crippen molar-refractivity contribution in [1.82, 2.24) is 0 Å². The molecule has 0 spiro atoms. The molecule has 0 bridgehead atoms. The maximum atomic E-state index is 12.5. The Labute approximate surface area is 164 Å². The number of carbonyl (C=O) groups is 2. The molecule has 0 unspecified atom stereocenters. The molecule has 0 radical (unpaired) electrons. The number of esters is 1. The van der Waals surface area contributed by atoms with Gasteiger partial charge in [-0.05, 0) is 75.6 Å². The molecule has 1 amide bonds. The second-order valence-corrected chi connectivity index (χ2v) is 8.85. The second kappa shape index (κ2) is 7.85. The average Bonchev–Trinajstić information content (AvgIpc) is 3.01. The lowest BCUT2D eigenvalue weighted by atomic mass is 9.90. The Hall–Kier alpha value is -2.14. The van der Waals surface area contributed by atoms with E-state index in [2.05, 4.69) is 12.2 Å². The maximum Gasteiger partial charge on any atom is 0.349 e. The fourth-order valence-electron chi connectivity index (χ4n) is 3.68. The van der Waals surface area contributed by atoms with E-state index in [0.717, 1.165) is 41.6 Å². The van der Waals surface area contributed by atoms with Gasteiger partial charge in [0.2, 0.25) is 0 Å². The minimum Gasteiger partial charge on any atom is -0.448 e. The van der Waals surface area contributed by atoms with Gasteiger partial charge < -0.3 is 10.1 Å². The lowest BCUT2D eigenvalue weighted by Gasteiger charge is -2.16. The molecule has 1 aliphatic carbocycles. The molecule has 0 saturated carbocycles. The van der Waals surface area contributed by atoms with Gasteiger partial charge in [-0.3, -0.25) is 4.79 Å². The van der Waals surface area contributed by atoms with Crippen LogP contribution in [0.25, 0.3) is 0 Å². The summed E-state index contributed by atoms with van der Waals surface area (Å²) in [5, 5.41) is 2.90. The van der Waals surface area contributed by atoms with Gasteiger partial charge >= 0.3 is 5.97 Å². The zero-order valence-corrected chi connectivity index (χ0v) is 17.5. The topological polar surface area (TPSA) is 55.4 Å². The van der Waals surface area contributed by atoms with Crippen LogP contribution in [0.4, 0.5) is 5.69 Å². The Bertz CT molecular complexity index is 861. The molecule has 5 heteroatoms. The number of hydrogen-bond acceptors (Lipinski definition) is 4. The van der Waals surface area contributed by atoms with Crippen LogP contribution in [0.15, 0.2) is 18.2 Å². The first-order valence-corrected chi connectivity index (χ1v) is 10.3. The zero-order valence-electron chi connectivity index (χ0n) is 16.6. The van der Waals surface area contributed by atoms with Crippen molar-refractivity contribution >= 4 is 28.9 Å². The van der Waals surface area contributed by atoms with Crippen molar-refractivity contribution in [2.45, 2.75) is 60.0 Å². The van der Waals surface area contributed by atoms with Gasteiger partial charge in [-0.15, -0.1) is 11.3 Å². The van der Waals surface area contributed by atoms with E-state index in [1.54, 1.807) is 6.92 Å². The standard InChI is InChI=1S/C22H27NO3S/c1-12-6-7-18-17(10-12)11-19(27-18)22(25)26-16(5)21(24)23-20-14(3)8-13(2)9-15(20)4/h8-9,11-12,16H,6-7,10H2,1-5H3,(H,23,24)/t12-,16+/m0/s1. The molecule has 144 valence electrons. The van der Waals surface area contributed by atoms with Gasteiger partial charge in [-0.2, -0.15) is 0 Å². The van der Waals surface area contributed by atoms with Crippen molar-refractivity contribution in [3.63, 3.8) is 0 Å². The molecular weight excluding hydrogens is 358 g/mol. The third-order valence-corrected chi connectivity index (χ3v) is 6.33. The predicted octanol–water partition coefficient (Wildman–Crippen LogP) is 4.98. The van der Waals surface area contributed by atoms with E-state index in [4.69, 9.17) is 4.74 Å². The molecule has 2 atom stereocenters. The van der Waals surface area contributed by atoms with Crippen molar-refractivity contribution in [2.75, 3.05) is 5.32 Å². The Morgan fingerprint density at radius 2 is 1.85 bits per heavy atom. The smallest absolute Gasteiger partial charge is 0.349 e. The minimum atomic E-state index is -0.851. The number of fused-ring (bicyclic) bond motifs is 1. The highest BCUT2D eigenvalue weighted by Gasteiger charge is 2.24. The molecular formula is C22H27NO3S. The van der Waals surface area contributed by atoms with Crippen molar-refractivity contribution < 1.29 is 14.3 Å². The van der Waals surface area contributed by atoms with E-state index in [0.29, 0.717) is 10.8 Å². The second-order valence-electron chi connectivity index (χ2n) is 7.72. The van der Waals surface area contributed by atoms with E-state index in [9.17, 15) is 9.59 Å². The van der Waals surface area contributed by atoms with Gasteiger partial charge in [0.1, 0.15) is 4.88 Å². The number of ether oxygens (including phenoxy) is 1. The van der Waals surface area contributed by atoms with Crippen molar-refractivity contribution in [1.29, 1.82) is 0 Å². The highest BCUT2D eigenvalue weighted by Crippen LogP contribution is 2.32. The number of benzene rings is 1. The maximum absolute atomic E-state index is 12.5. The lowest BCUT2D eigenvalue weighted by Crippen LogP contribution is -2.30. The Balaban J connectivity index is 1.66. The van der Waals surface area contributed by atoms with Gasteiger partial charge in [0.25, 0.3) is 5.91 Å². The van der Waals surface area contributed by atoms with Crippen LogP contribution >= 0.6 is 11.3 Å². The van der Waals surface area contributed by atoms with E-state index in [1.807, 2.05) is 39.0 Å². The van der Waals surface area contributed by atoms with Gasteiger partial charge in [-0.25, -0.2) is 4.79 Å². The van der Waals surface area contributed by atoms with Gasteiger partial charge in [-0.1, -0.05) is 24.6 Å². The van der Waals surface area contributed by atoms with Gasteiger partial charge in [0.15, 0.2) is 6.10 Å². The Morgan fingerprint density at radius 3 is 2.52 bits per heavy atom. The van der Waals surface area contributed by atoms with E-state index in [-0.39, 0.29) is 5.91 Å². The number of amides is 1. The fourth-order valence-corrected chi connectivity index (χ4v) is 4.77. The number of thiophene rings is 1. The molecule has 0 saturated heterocycles. The van der Waals surface area contributed by atoms with Crippen LogP contribution in [0.2, 0.25) is 0 Å². The third kappa shape index (κ3) is 4.41. The van der Waals surface area contributed by atoms with E-state index >= 15 is 0 Å². The van der Waals surface area contributed by atoms with Gasteiger partial charge in [0.05, 0.1) is 0 Å². The summed E-state index contributed by atoms with van der Waals surface area (Å²) in [6.07, 6.45) is 2.35. The van der Waals surface area contributed by atoms with Crippen LogP contribution in [-0.4, -0.2) is 18.0 Å². The summed E-state index contributed by atoms with van der Waals surface area (Å²) < 4.78 is 5.44. The average molecular weight is 386 g/mol. The van der Waals surface area contributed by atoms with Crippen LogP contribution in [0.1, 0.15) is 57.1 Å². The number of carbonyl (C=O) groups excluding carboxylic acids is 2. The van der Waals surface area contributed by atoms with Crippen LogP contribution in [0, 0.1) is 26.7 Å². The van der Waals surface area contributed by atoms with E-state index < -0.39 is 12.1 Å². The highest BCUT2D eigenvalue weighted by atomic mass is 32.1. The number of aryl methyl sites for hydroxylation is 4. The predicted molar refractivity (Wildman–Crippen MR) is 110 cm³/mol. The molecule has 1 heterocycles. The van der Waals surface area contributed by atoms with Crippen LogP contribution < -0.4 is 5.32 Å². The largest absolute Gasteiger partial charge is 0.448 e. The molecule has 1 N–H and O–H groups in total. The van der Waals surface area contributed by atoms with Crippen molar-refractivity contribution in [3.05, 3.63) is 50.2 Å². The Kier molecular flexibility index (Phi) is 5.70. The number of rotatable bonds is 4. The molecule has 3 rings (SSSR count). The molecule has 0 fully saturated rings. The summed E-state index contributed by atoms with van der Waals surface area (Å²) in [6, 6.07) is 5.99. The van der Waals surface area contributed by atoms with Crippen molar-refractivity contribution in [2.24, 2.45) is 5.92 Å². The molecule has 1 aliphatic rings. The number of hydrogen-bond donors (Lipinski definition) is 1. The van der Waals surface area contributed by atoms with Crippen LogP contribution in [0.3, 0.4) is 0 Å². The summed E-state index contributed by atoms with van der Waals surface area (Å²) in [5.74, 6) is -0.0722. The highest BCUT2D eigenvalue weighted by molar-refractivity contribution is 7.14. The molecule has 27 heavy (non-hydrogen) atoms. The summed E-state index contributed by atoms with van der Waals surface area (Å²) in [4.78, 5) is 26.9. The summed E-state index contributed by atoms with van der Waals surface area (Å²) >= 11 is 1.50. The first kappa shape index (κ1) is 19.6. The number of nitrogens with one attached hydrogen (secondary N) is 1. The molecule has 2 aromatic rings. The first-order valence-electron chi connectivity index (χ1n) is 9.46. The monoisotopic (exact) mass is 385 g/mol. The molecule has 1 aromatic carbocycles. The number of anilines is 1. The SMILES string of the molecule is Cc1cc(C)c(NC(=O)[C@@H](C)OC(=O)c2cc3c(s2)CC[C@H](C)C3)c(C)c1. The summed E-state index contributed by atoms with van der Waals surface area (Å²) in [7, 11) is 0. The van der Waals surface area contributed by atoms with Crippen molar-refractivity contribution in [3.8, 4) is 0 Å². The quantitative estimate of drug-likeness (QED) is 0.755. The Morgan fingerprint density at radius 1 is 1.19 bits per heavy atom. The molecule has 0 aliphatic heterocycles. The lowest BCUT2D eigenvalue weighted by molar-refractivity contribution is -0.123. The first-order chi connectivity index (χ1) is 12.7. The third-order valence-electron chi connectivity index (χ3n) is 5.11. The minimum absolute atomic E-state index is 0.312. The molecule has 1 aromatic heterocycles. The van der Waals surface area contributed by atoms with E-state index in [1.165, 1.54) is 21.8 Å². The summed E-state index contributed by atoms with van der Waals surface area (Å²) in [6.45, 7) is 9.80. The molecule has 4 nitrogen and oxygen atoms in total. The van der Waals surface area contributed by atoms with Crippen LogP contribution in [0.5, 0.6) is 0 Å². The van der Waals surface area contributed by atoms with Gasteiger partial charge in [0, 0.05) is 10.6 Å².